The molecule has 0 unspecified atom stereocenters. The van der Waals surface area contributed by atoms with Crippen molar-refractivity contribution in [2.45, 2.75) is 63.1 Å². The summed E-state index contributed by atoms with van der Waals surface area (Å²) in [6.07, 6.45) is 5.96. The number of nitrogens with zero attached hydrogens (tertiary/aromatic N) is 3. The number of carbonyl (C=O) groups excluding carboxylic acids is 1. The number of hydrogen-bond donors (Lipinski definition) is 0. The molecule has 26 heavy (non-hydrogen) atoms. The number of thioether (sulfide) groups is 1. The summed E-state index contributed by atoms with van der Waals surface area (Å²) >= 11 is 1.31. The maximum atomic E-state index is 12.4. The highest BCUT2D eigenvalue weighted by atomic mass is 32.2. The van der Waals surface area contributed by atoms with E-state index >= 15 is 0 Å². The Hall–Kier alpha value is -1.82. The average Bonchev–Trinajstić information content (AvgIpc) is 3.15. The Bertz CT molecular complexity index is 721. The van der Waals surface area contributed by atoms with Gasteiger partial charge in [0.05, 0.1) is 5.75 Å². The van der Waals surface area contributed by atoms with E-state index in [2.05, 4.69) is 36.1 Å². The normalized spacial score (nSPS) is 15.4. The van der Waals surface area contributed by atoms with Gasteiger partial charge in [0.1, 0.15) is 0 Å². The van der Waals surface area contributed by atoms with Crippen molar-refractivity contribution in [2.75, 3.05) is 12.8 Å². The van der Waals surface area contributed by atoms with E-state index in [1.807, 2.05) is 24.1 Å². The zero-order chi connectivity index (χ0) is 18.5. The van der Waals surface area contributed by atoms with Gasteiger partial charge in [-0.25, -0.2) is 0 Å². The monoisotopic (exact) mass is 373 g/mol. The predicted octanol–water partition coefficient (Wildman–Crippen LogP) is 4.74. The predicted molar refractivity (Wildman–Crippen MR) is 104 cm³/mol. The molecule has 6 heteroatoms. The van der Waals surface area contributed by atoms with Gasteiger partial charge >= 0.3 is 0 Å². The van der Waals surface area contributed by atoms with Gasteiger partial charge in [0.2, 0.25) is 11.7 Å². The number of benzene rings is 1. The van der Waals surface area contributed by atoms with Crippen LogP contribution in [0.1, 0.15) is 57.4 Å². The second-order valence-corrected chi connectivity index (χ2v) is 8.17. The number of aromatic nitrogens is 2. The quantitative estimate of drug-likeness (QED) is 0.684. The molecular weight excluding hydrogens is 346 g/mol. The summed E-state index contributed by atoms with van der Waals surface area (Å²) in [5.41, 5.74) is 2.21. The first kappa shape index (κ1) is 19.0. The summed E-state index contributed by atoms with van der Waals surface area (Å²) in [5, 5.41) is 4.48. The molecular formula is C20H27N3O2S. The van der Waals surface area contributed by atoms with E-state index in [1.165, 1.54) is 36.6 Å². The topological polar surface area (TPSA) is 59.2 Å². The van der Waals surface area contributed by atoms with Gasteiger partial charge in [-0.3, -0.25) is 4.79 Å². The molecule has 0 saturated heterocycles. The van der Waals surface area contributed by atoms with Crippen LogP contribution in [0.5, 0.6) is 0 Å². The van der Waals surface area contributed by atoms with Gasteiger partial charge in [-0.2, -0.15) is 4.98 Å². The summed E-state index contributed by atoms with van der Waals surface area (Å²) in [6, 6.07) is 8.58. The van der Waals surface area contributed by atoms with Gasteiger partial charge in [0.25, 0.3) is 5.22 Å². The maximum absolute atomic E-state index is 12.4. The van der Waals surface area contributed by atoms with Crippen molar-refractivity contribution in [1.29, 1.82) is 0 Å². The van der Waals surface area contributed by atoms with Crippen molar-refractivity contribution in [3.63, 3.8) is 0 Å². The van der Waals surface area contributed by atoms with Crippen LogP contribution in [0, 0.1) is 0 Å². The SMILES string of the molecule is CC(C)c1ccc(-c2noc(SCC(=O)N(C)C3CCCCC3)n2)cc1. The first-order valence-electron chi connectivity index (χ1n) is 9.37. The van der Waals surface area contributed by atoms with Gasteiger partial charge < -0.3 is 9.42 Å². The molecule has 1 saturated carbocycles. The lowest BCUT2D eigenvalue weighted by molar-refractivity contribution is -0.129. The van der Waals surface area contributed by atoms with Gasteiger partial charge in [0.15, 0.2) is 0 Å². The van der Waals surface area contributed by atoms with E-state index in [4.69, 9.17) is 4.52 Å². The number of amides is 1. The Balaban J connectivity index is 1.55. The van der Waals surface area contributed by atoms with Crippen LogP contribution >= 0.6 is 11.8 Å². The zero-order valence-electron chi connectivity index (χ0n) is 15.8. The molecule has 2 aromatic rings. The summed E-state index contributed by atoms with van der Waals surface area (Å²) in [6.45, 7) is 4.33. The summed E-state index contributed by atoms with van der Waals surface area (Å²) in [5.74, 6) is 1.52. The van der Waals surface area contributed by atoms with E-state index in [-0.39, 0.29) is 5.91 Å². The minimum Gasteiger partial charge on any atom is -0.342 e. The molecule has 140 valence electrons. The van der Waals surface area contributed by atoms with Crippen molar-refractivity contribution in [3.8, 4) is 11.4 Å². The molecule has 3 rings (SSSR count). The molecule has 1 aliphatic rings. The number of carbonyl (C=O) groups is 1. The third-order valence-electron chi connectivity index (χ3n) is 5.08. The molecule has 0 atom stereocenters. The Morgan fingerprint density at radius 1 is 1.23 bits per heavy atom. The minimum absolute atomic E-state index is 0.128. The maximum Gasteiger partial charge on any atom is 0.286 e. The van der Waals surface area contributed by atoms with Crippen molar-refractivity contribution in [1.82, 2.24) is 15.0 Å². The van der Waals surface area contributed by atoms with Crippen molar-refractivity contribution >= 4 is 17.7 Å². The van der Waals surface area contributed by atoms with E-state index in [0.29, 0.717) is 28.8 Å². The van der Waals surface area contributed by atoms with Crippen LogP contribution in [0.3, 0.4) is 0 Å². The molecule has 5 nitrogen and oxygen atoms in total. The fraction of sp³-hybridized carbons (Fsp3) is 0.550. The van der Waals surface area contributed by atoms with Crippen molar-refractivity contribution < 1.29 is 9.32 Å². The molecule has 1 heterocycles. The summed E-state index contributed by atoms with van der Waals surface area (Å²) < 4.78 is 5.30. The molecule has 1 aliphatic carbocycles. The van der Waals surface area contributed by atoms with Crippen LogP contribution < -0.4 is 0 Å². The first-order valence-corrected chi connectivity index (χ1v) is 10.4. The van der Waals surface area contributed by atoms with Gasteiger partial charge in [-0.15, -0.1) is 0 Å². The second kappa shape index (κ2) is 8.71. The highest BCUT2D eigenvalue weighted by Gasteiger charge is 2.22. The Morgan fingerprint density at radius 2 is 1.92 bits per heavy atom. The fourth-order valence-corrected chi connectivity index (χ4v) is 3.99. The largest absolute Gasteiger partial charge is 0.342 e. The third-order valence-corrected chi connectivity index (χ3v) is 5.88. The van der Waals surface area contributed by atoms with Gasteiger partial charge in [0, 0.05) is 18.7 Å². The molecule has 1 aromatic carbocycles. The molecule has 0 N–H and O–H groups in total. The Kier molecular flexibility index (Phi) is 6.35. The third kappa shape index (κ3) is 4.67. The number of rotatable bonds is 6. The van der Waals surface area contributed by atoms with Crippen molar-refractivity contribution in [3.05, 3.63) is 29.8 Å². The molecule has 1 fully saturated rings. The van der Waals surface area contributed by atoms with E-state index in [0.717, 1.165) is 18.4 Å². The summed E-state index contributed by atoms with van der Waals surface area (Å²) in [7, 11) is 1.91. The average molecular weight is 374 g/mol. The van der Waals surface area contributed by atoms with Crippen LogP contribution in [0.2, 0.25) is 0 Å². The molecule has 1 aromatic heterocycles. The van der Waals surface area contributed by atoms with Crippen LogP contribution in [0.25, 0.3) is 11.4 Å². The van der Waals surface area contributed by atoms with Crippen LogP contribution in [-0.2, 0) is 4.79 Å². The minimum atomic E-state index is 0.128. The highest BCUT2D eigenvalue weighted by Crippen LogP contribution is 2.25. The highest BCUT2D eigenvalue weighted by molar-refractivity contribution is 7.99. The van der Waals surface area contributed by atoms with Crippen molar-refractivity contribution in [2.24, 2.45) is 0 Å². The van der Waals surface area contributed by atoms with Crippen LogP contribution in [-0.4, -0.2) is 39.8 Å². The second-order valence-electron chi connectivity index (χ2n) is 7.25. The number of hydrogen-bond acceptors (Lipinski definition) is 5. The fourth-order valence-electron chi connectivity index (χ4n) is 3.30. The van der Waals surface area contributed by atoms with E-state index in [9.17, 15) is 4.79 Å². The van der Waals surface area contributed by atoms with Crippen LogP contribution in [0.4, 0.5) is 0 Å². The standard InChI is InChI=1S/C20H27N3O2S/c1-14(2)15-9-11-16(12-10-15)19-21-20(25-22-19)26-13-18(24)23(3)17-7-5-4-6-8-17/h9-12,14,17H,4-8,13H2,1-3H3. The lowest BCUT2D eigenvalue weighted by atomic mass is 9.94. The molecule has 0 spiro atoms. The lowest BCUT2D eigenvalue weighted by Gasteiger charge is -2.31. The lowest BCUT2D eigenvalue weighted by Crippen LogP contribution is -2.39. The molecule has 0 bridgehead atoms. The van der Waals surface area contributed by atoms with Crippen LogP contribution in [0.15, 0.2) is 34.0 Å². The van der Waals surface area contributed by atoms with Gasteiger partial charge in [-0.1, -0.05) is 74.3 Å². The Morgan fingerprint density at radius 3 is 2.58 bits per heavy atom. The zero-order valence-corrected chi connectivity index (χ0v) is 16.6. The van der Waals surface area contributed by atoms with E-state index in [1.54, 1.807) is 0 Å². The first-order chi connectivity index (χ1) is 12.5. The molecule has 0 radical (unpaired) electrons. The smallest absolute Gasteiger partial charge is 0.286 e. The molecule has 0 aliphatic heterocycles. The van der Waals surface area contributed by atoms with E-state index < -0.39 is 0 Å². The van der Waals surface area contributed by atoms with Gasteiger partial charge in [-0.05, 0) is 24.3 Å². The molecule has 1 amide bonds. The Labute approximate surface area is 159 Å². The summed E-state index contributed by atoms with van der Waals surface area (Å²) in [4.78, 5) is 18.7.